The summed E-state index contributed by atoms with van der Waals surface area (Å²) in [6.07, 6.45) is 4.51. The maximum absolute atomic E-state index is 13.0. The highest BCUT2D eigenvalue weighted by atomic mass is 19.1. The van der Waals surface area contributed by atoms with Gasteiger partial charge in [0.15, 0.2) is 0 Å². The molecule has 2 aromatic rings. The Morgan fingerprint density at radius 2 is 1.69 bits per heavy atom. The minimum absolute atomic E-state index is 0.0182. The van der Waals surface area contributed by atoms with Gasteiger partial charge in [-0.25, -0.2) is 4.39 Å². The van der Waals surface area contributed by atoms with E-state index >= 15 is 0 Å². The van der Waals surface area contributed by atoms with Crippen LogP contribution in [0, 0.1) is 5.82 Å². The van der Waals surface area contributed by atoms with Gasteiger partial charge in [-0.1, -0.05) is 0 Å². The van der Waals surface area contributed by atoms with E-state index in [-0.39, 0.29) is 17.2 Å². The van der Waals surface area contributed by atoms with Gasteiger partial charge in [-0.05, 0) is 49.6 Å². The topological polar surface area (TPSA) is 71.4 Å². The summed E-state index contributed by atoms with van der Waals surface area (Å²) in [7, 11) is 1.53. The number of nitrogens with zero attached hydrogens (tertiary/aromatic N) is 2. The Labute approximate surface area is 150 Å². The maximum atomic E-state index is 13.0. The Hall–Kier alpha value is -2.96. The van der Waals surface area contributed by atoms with E-state index in [2.05, 4.69) is 5.32 Å². The van der Waals surface area contributed by atoms with Crippen molar-refractivity contribution in [1.82, 2.24) is 9.47 Å². The van der Waals surface area contributed by atoms with E-state index in [9.17, 15) is 18.8 Å². The molecule has 1 aliphatic rings. The van der Waals surface area contributed by atoms with Crippen LogP contribution in [0.15, 0.2) is 41.3 Å². The highest BCUT2D eigenvalue weighted by Gasteiger charge is 2.20. The minimum Gasteiger partial charge on any atom is -0.339 e. The number of aromatic nitrogens is 1. The largest absolute Gasteiger partial charge is 0.339 e. The Morgan fingerprint density at radius 3 is 2.35 bits per heavy atom. The standard InChI is InChI=1S/C19H20FN3O3/c1-22-12-14(18(25)23-9-3-2-4-10-23)11-16(19(22)26)21-17(24)13-5-7-15(20)8-6-13/h5-8,11-12H,2-4,9-10H2,1H3,(H,21,24). The van der Waals surface area contributed by atoms with Gasteiger partial charge in [-0.15, -0.1) is 0 Å². The van der Waals surface area contributed by atoms with Crippen molar-refractivity contribution < 1.29 is 14.0 Å². The number of amides is 2. The number of aryl methyl sites for hydroxylation is 1. The number of nitrogens with one attached hydrogen (secondary N) is 1. The van der Waals surface area contributed by atoms with Crippen LogP contribution in [-0.2, 0) is 7.05 Å². The van der Waals surface area contributed by atoms with Gasteiger partial charge in [0.1, 0.15) is 11.5 Å². The van der Waals surface area contributed by atoms with Crippen molar-refractivity contribution >= 4 is 17.5 Å². The Morgan fingerprint density at radius 1 is 1.04 bits per heavy atom. The molecular formula is C19H20FN3O3. The van der Waals surface area contributed by atoms with Gasteiger partial charge in [0.2, 0.25) is 0 Å². The molecule has 1 aromatic heterocycles. The molecule has 3 rings (SSSR count). The van der Waals surface area contributed by atoms with E-state index in [0.717, 1.165) is 19.3 Å². The van der Waals surface area contributed by atoms with Gasteiger partial charge in [0.05, 0.1) is 5.56 Å². The Kier molecular flexibility index (Phi) is 5.16. The third kappa shape index (κ3) is 3.82. The first-order valence-electron chi connectivity index (χ1n) is 8.52. The quantitative estimate of drug-likeness (QED) is 0.917. The molecule has 26 heavy (non-hydrogen) atoms. The van der Waals surface area contributed by atoms with E-state index in [1.807, 2.05) is 0 Å². The molecule has 0 radical (unpaired) electrons. The van der Waals surface area contributed by atoms with E-state index in [0.29, 0.717) is 18.7 Å². The molecule has 1 aromatic carbocycles. The van der Waals surface area contributed by atoms with Gasteiger partial charge >= 0.3 is 0 Å². The van der Waals surface area contributed by atoms with Crippen LogP contribution in [0.3, 0.4) is 0 Å². The van der Waals surface area contributed by atoms with Crippen molar-refractivity contribution in [1.29, 1.82) is 0 Å². The van der Waals surface area contributed by atoms with Gasteiger partial charge in [-0.3, -0.25) is 14.4 Å². The van der Waals surface area contributed by atoms with Crippen LogP contribution in [0.25, 0.3) is 0 Å². The van der Waals surface area contributed by atoms with Crippen LogP contribution in [0.1, 0.15) is 40.0 Å². The fourth-order valence-corrected chi connectivity index (χ4v) is 2.99. The molecule has 2 heterocycles. The number of hydrogen-bond acceptors (Lipinski definition) is 3. The van der Waals surface area contributed by atoms with Crippen molar-refractivity contribution in [3.05, 3.63) is 63.8 Å². The van der Waals surface area contributed by atoms with Crippen molar-refractivity contribution in [3.63, 3.8) is 0 Å². The van der Waals surface area contributed by atoms with Crippen molar-refractivity contribution in [3.8, 4) is 0 Å². The summed E-state index contributed by atoms with van der Waals surface area (Å²) in [5.41, 5.74) is 0.171. The molecule has 0 spiro atoms. The predicted molar refractivity (Wildman–Crippen MR) is 95.8 cm³/mol. The van der Waals surface area contributed by atoms with E-state index in [1.54, 1.807) is 4.90 Å². The zero-order chi connectivity index (χ0) is 18.7. The van der Waals surface area contributed by atoms with Gasteiger partial charge in [0.25, 0.3) is 17.4 Å². The maximum Gasteiger partial charge on any atom is 0.274 e. The van der Waals surface area contributed by atoms with Crippen molar-refractivity contribution in [2.45, 2.75) is 19.3 Å². The van der Waals surface area contributed by atoms with E-state index < -0.39 is 17.3 Å². The van der Waals surface area contributed by atoms with Crippen LogP contribution in [0.5, 0.6) is 0 Å². The average molecular weight is 357 g/mol. The Bertz CT molecular complexity index is 884. The second-order valence-corrected chi connectivity index (χ2v) is 6.37. The fourth-order valence-electron chi connectivity index (χ4n) is 2.99. The summed E-state index contributed by atoms with van der Waals surface area (Å²) < 4.78 is 14.3. The number of halogens is 1. The smallest absolute Gasteiger partial charge is 0.274 e. The minimum atomic E-state index is -0.537. The first-order chi connectivity index (χ1) is 12.5. The third-order valence-electron chi connectivity index (χ3n) is 4.43. The zero-order valence-electron chi connectivity index (χ0n) is 14.5. The molecule has 2 amide bonds. The zero-order valence-corrected chi connectivity index (χ0v) is 14.5. The summed E-state index contributed by atoms with van der Waals surface area (Å²) in [6.45, 7) is 1.39. The van der Waals surface area contributed by atoms with E-state index in [4.69, 9.17) is 0 Å². The normalized spacial score (nSPS) is 14.2. The third-order valence-corrected chi connectivity index (χ3v) is 4.43. The first-order valence-corrected chi connectivity index (χ1v) is 8.52. The highest BCUT2D eigenvalue weighted by molar-refractivity contribution is 6.05. The molecule has 6 nitrogen and oxygen atoms in total. The lowest BCUT2D eigenvalue weighted by Gasteiger charge is -2.27. The lowest BCUT2D eigenvalue weighted by atomic mass is 10.1. The first kappa shape index (κ1) is 17.8. The lowest BCUT2D eigenvalue weighted by molar-refractivity contribution is 0.0723. The molecule has 136 valence electrons. The number of anilines is 1. The molecule has 7 heteroatoms. The van der Waals surface area contributed by atoms with Crippen molar-refractivity contribution in [2.24, 2.45) is 7.05 Å². The van der Waals surface area contributed by atoms with Crippen LogP contribution in [-0.4, -0.2) is 34.4 Å². The number of carbonyl (C=O) groups excluding carboxylic acids is 2. The highest BCUT2D eigenvalue weighted by Crippen LogP contribution is 2.15. The molecule has 0 saturated carbocycles. The summed E-state index contributed by atoms with van der Waals surface area (Å²) >= 11 is 0. The number of pyridine rings is 1. The summed E-state index contributed by atoms with van der Waals surface area (Å²) in [5, 5.41) is 2.52. The van der Waals surface area contributed by atoms with Crippen LogP contribution < -0.4 is 10.9 Å². The summed E-state index contributed by atoms with van der Waals surface area (Å²) in [6, 6.07) is 6.41. The second-order valence-electron chi connectivity index (χ2n) is 6.37. The molecule has 1 N–H and O–H groups in total. The number of likely N-dealkylation sites (tertiary alicyclic amines) is 1. The SMILES string of the molecule is Cn1cc(C(=O)N2CCCCC2)cc(NC(=O)c2ccc(F)cc2)c1=O. The molecule has 0 unspecified atom stereocenters. The Balaban J connectivity index is 1.86. The average Bonchev–Trinajstić information content (AvgIpc) is 2.65. The second kappa shape index (κ2) is 7.51. The number of rotatable bonds is 3. The number of hydrogen-bond donors (Lipinski definition) is 1. The lowest BCUT2D eigenvalue weighted by Crippen LogP contribution is -2.36. The molecule has 0 bridgehead atoms. The van der Waals surface area contributed by atoms with Gasteiger partial charge in [-0.2, -0.15) is 0 Å². The molecule has 1 fully saturated rings. The summed E-state index contributed by atoms with van der Waals surface area (Å²) in [4.78, 5) is 39.0. The molecule has 1 aliphatic heterocycles. The molecule has 1 saturated heterocycles. The van der Waals surface area contributed by atoms with Gasteiger partial charge < -0.3 is 14.8 Å². The fraction of sp³-hybridized carbons (Fsp3) is 0.316. The monoisotopic (exact) mass is 357 g/mol. The van der Waals surface area contributed by atoms with Crippen LogP contribution in [0.4, 0.5) is 10.1 Å². The van der Waals surface area contributed by atoms with Crippen LogP contribution in [0.2, 0.25) is 0 Å². The predicted octanol–water partition coefficient (Wildman–Crippen LogP) is 2.40. The molecular weight excluding hydrogens is 337 g/mol. The van der Waals surface area contributed by atoms with Crippen LogP contribution >= 0.6 is 0 Å². The molecule has 0 atom stereocenters. The molecule has 0 aliphatic carbocycles. The van der Waals surface area contributed by atoms with Crippen molar-refractivity contribution in [2.75, 3.05) is 18.4 Å². The van der Waals surface area contributed by atoms with E-state index in [1.165, 1.54) is 48.1 Å². The summed E-state index contributed by atoms with van der Waals surface area (Å²) in [5.74, 6) is -1.14. The number of piperidine rings is 1. The number of carbonyl (C=O) groups is 2. The van der Waals surface area contributed by atoms with Gasteiger partial charge in [0, 0.05) is 31.9 Å². The number of benzene rings is 1.